The second-order valence-corrected chi connectivity index (χ2v) is 6.66. The minimum Gasteiger partial charge on any atom is -0.306 e. The van der Waals surface area contributed by atoms with Gasteiger partial charge in [0, 0.05) is 12.5 Å². The third-order valence-corrected chi connectivity index (χ3v) is 4.61. The molecule has 0 saturated carbocycles. The molecule has 1 aliphatic rings. The molecule has 0 spiro atoms. The fourth-order valence-corrected chi connectivity index (χ4v) is 3.65. The first kappa shape index (κ1) is 12.5. The van der Waals surface area contributed by atoms with Gasteiger partial charge in [-0.05, 0) is 12.8 Å². The summed E-state index contributed by atoms with van der Waals surface area (Å²) >= 11 is 0. The molecule has 1 saturated heterocycles. The van der Waals surface area contributed by atoms with Gasteiger partial charge in [-0.15, -0.1) is 0 Å². The zero-order valence-electron chi connectivity index (χ0n) is 9.94. The van der Waals surface area contributed by atoms with Crippen LogP contribution in [0.3, 0.4) is 0 Å². The molecule has 96 valence electrons. The number of aryl methyl sites for hydroxylation is 1. The predicted molar refractivity (Wildman–Crippen MR) is 64.3 cm³/mol. The van der Waals surface area contributed by atoms with E-state index in [9.17, 15) is 8.42 Å². The van der Waals surface area contributed by atoms with E-state index in [2.05, 4.69) is 27.4 Å². The highest BCUT2D eigenvalue weighted by molar-refractivity contribution is 7.91. The van der Waals surface area contributed by atoms with E-state index in [0.29, 0.717) is 18.7 Å². The summed E-state index contributed by atoms with van der Waals surface area (Å²) in [7, 11) is -2.81. The molecule has 7 heteroatoms. The molecule has 6 nitrogen and oxygen atoms in total. The highest BCUT2D eigenvalue weighted by atomic mass is 32.2. The number of aromatic nitrogens is 3. The topological polar surface area (TPSA) is 87.7 Å². The Morgan fingerprint density at radius 2 is 2.35 bits per heavy atom. The molecule has 17 heavy (non-hydrogen) atoms. The van der Waals surface area contributed by atoms with Crippen molar-refractivity contribution in [3.8, 4) is 0 Å². The van der Waals surface area contributed by atoms with Crippen LogP contribution in [0.5, 0.6) is 0 Å². The van der Waals surface area contributed by atoms with Crippen molar-refractivity contribution in [2.24, 2.45) is 0 Å². The molecule has 1 unspecified atom stereocenters. The molecule has 1 fully saturated rings. The third-order valence-electron chi connectivity index (χ3n) is 2.84. The van der Waals surface area contributed by atoms with Gasteiger partial charge in [0.1, 0.15) is 5.82 Å². The standard InChI is InChI=1S/C10H18N4O2S/c1-2-3-9-12-10(14-13-9)6-11-8-4-5-17(15,16)7-8/h8,11H,2-7H2,1H3,(H,12,13,14). The second kappa shape index (κ2) is 5.14. The van der Waals surface area contributed by atoms with Crippen molar-refractivity contribution in [3.05, 3.63) is 11.6 Å². The number of nitrogens with zero attached hydrogens (tertiary/aromatic N) is 2. The van der Waals surface area contributed by atoms with E-state index in [1.165, 1.54) is 0 Å². The van der Waals surface area contributed by atoms with Crippen molar-refractivity contribution in [1.29, 1.82) is 0 Å². The highest BCUT2D eigenvalue weighted by Gasteiger charge is 2.27. The van der Waals surface area contributed by atoms with Gasteiger partial charge in [0.25, 0.3) is 0 Å². The number of hydrogen-bond donors (Lipinski definition) is 2. The Morgan fingerprint density at radius 1 is 1.53 bits per heavy atom. The lowest BCUT2D eigenvalue weighted by molar-refractivity contribution is 0.542. The third kappa shape index (κ3) is 3.50. The summed E-state index contributed by atoms with van der Waals surface area (Å²) in [4.78, 5) is 4.32. The zero-order chi connectivity index (χ0) is 12.3. The zero-order valence-corrected chi connectivity index (χ0v) is 10.8. The Kier molecular flexibility index (Phi) is 3.78. The number of nitrogens with one attached hydrogen (secondary N) is 2. The maximum Gasteiger partial charge on any atom is 0.151 e. The number of H-pyrrole nitrogens is 1. The molecular weight excluding hydrogens is 240 g/mol. The van der Waals surface area contributed by atoms with Crippen molar-refractivity contribution in [2.45, 2.75) is 38.8 Å². The van der Waals surface area contributed by atoms with Crippen molar-refractivity contribution >= 4 is 9.84 Å². The first-order valence-corrected chi connectivity index (χ1v) is 7.75. The van der Waals surface area contributed by atoms with Gasteiger partial charge in [0.15, 0.2) is 15.7 Å². The molecule has 0 aromatic carbocycles. The summed E-state index contributed by atoms with van der Waals surface area (Å²) in [5, 5.41) is 10.1. The highest BCUT2D eigenvalue weighted by Crippen LogP contribution is 2.11. The number of aromatic amines is 1. The Hall–Kier alpha value is -0.950. The van der Waals surface area contributed by atoms with Crippen LogP contribution in [0, 0.1) is 0 Å². The summed E-state index contributed by atoms with van der Waals surface area (Å²) in [6.07, 6.45) is 2.58. The molecule has 2 N–H and O–H groups in total. The lowest BCUT2D eigenvalue weighted by Gasteiger charge is -2.07. The van der Waals surface area contributed by atoms with Crippen LogP contribution in [0.1, 0.15) is 31.4 Å². The average molecular weight is 258 g/mol. The van der Waals surface area contributed by atoms with Crippen molar-refractivity contribution < 1.29 is 8.42 Å². The Morgan fingerprint density at radius 3 is 3.00 bits per heavy atom. The average Bonchev–Trinajstić information content (AvgIpc) is 2.83. The molecule has 2 heterocycles. The van der Waals surface area contributed by atoms with Crippen molar-refractivity contribution in [2.75, 3.05) is 11.5 Å². The van der Waals surface area contributed by atoms with E-state index in [0.717, 1.165) is 24.5 Å². The quantitative estimate of drug-likeness (QED) is 0.778. The van der Waals surface area contributed by atoms with Gasteiger partial charge in [-0.1, -0.05) is 6.92 Å². The molecule has 1 aromatic heterocycles. The van der Waals surface area contributed by atoms with Crippen LogP contribution >= 0.6 is 0 Å². The van der Waals surface area contributed by atoms with Gasteiger partial charge in [-0.3, -0.25) is 5.10 Å². The molecular formula is C10H18N4O2S. The second-order valence-electron chi connectivity index (χ2n) is 4.43. The lowest BCUT2D eigenvalue weighted by atomic mass is 10.2. The van der Waals surface area contributed by atoms with E-state index >= 15 is 0 Å². The number of hydrogen-bond acceptors (Lipinski definition) is 5. The maximum atomic E-state index is 11.3. The van der Waals surface area contributed by atoms with E-state index in [-0.39, 0.29) is 11.8 Å². The molecule has 1 aromatic rings. The minimum atomic E-state index is -2.81. The van der Waals surface area contributed by atoms with E-state index in [1.54, 1.807) is 0 Å². The summed E-state index contributed by atoms with van der Waals surface area (Å²) < 4.78 is 22.5. The normalized spacial score (nSPS) is 23.0. The van der Waals surface area contributed by atoms with Crippen LogP contribution in [0.2, 0.25) is 0 Å². The van der Waals surface area contributed by atoms with Gasteiger partial charge in [-0.25, -0.2) is 13.4 Å². The molecule has 0 radical (unpaired) electrons. The predicted octanol–water partition coefficient (Wildman–Crippen LogP) is 0.0339. The largest absolute Gasteiger partial charge is 0.306 e. The van der Waals surface area contributed by atoms with Gasteiger partial charge >= 0.3 is 0 Å². The van der Waals surface area contributed by atoms with Crippen LogP contribution in [0.4, 0.5) is 0 Å². The summed E-state index contributed by atoms with van der Waals surface area (Å²) in [6, 6.07) is 0.0553. The van der Waals surface area contributed by atoms with E-state index in [4.69, 9.17) is 0 Å². The first-order chi connectivity index (χ1) is 8.09. The fourth-order valence-electron chi connectivity index (χ4n) is 1.95. The SMILES string of the molecule is CCCc1n[nH]c(CNC2CCS(=O)(=O)C2)n1. The van der Waals surface area contributed by atoms with Crippen LogP contribution in [-0.2, 0) is 22.8 Å². The van der Waals surface area contributed by atoms with E-state index < -0.39 is 9.84 Å². The smallest absolute Gasteiger partial charge is 0.151 e. The maximum absolute atomic E-state index is 11.3. The molecule has 1 atom stereocenters. The fraction of sp³-hybridized carbons (Fsp3) is 0.800. The van der Waals surface area contributed by atoms with Crippen LogP contribution < -0.4 is 5.32 Å². The molecule has 2 rings (SSSR count). The molecule has 1 aliphatic heterocycles. The monoisotopic (exact) mass is 258 g/mol. The molecule has 0 aliphatic carbocycles. The van der Waals surface area contributed by atoms with Gasteiger partial charge in [-0.2, -0.15) is 5.10 Å². The Bertz CT molecular complexity index is 468. The van der Waals surface area contributed by atoms with Crippen molar-refractivity contribution in [1.82, 2.24) is 20.5 Å². The Labute approximate surface area is 101 Å². The Balaban J connectivity index is 1.82. The molecule has 0 amide bonds. The minimum absolute atomic E-state index is 0.0553. The first-order valence-electron chi connectivity index (χ1n) is 5.93. The van der Waals surface area contributed by atoms with Crippen molar-refractivity contribution in [3.63, 3.8) is 0 Å². The van der Waals surface area contributed by atoms with Gasteiger partial charge in [0.2, 0.25) is 0 Å². The van der Waals surface area contributed by atoms with Crippen LogP contribution in [0.25, 0.3) is 0 Å². The van der Waals surface area contributed by atoms with Crippen LogP contribution in [0.15, 0.2) is 0 Å². The van der Waals surface area contributed by atoms with E-state index in [1.807, 2.05) is 0 Å². The number of rotatable bonds is 5. The summed E-state index contributed by atoms with van der Waals surface area (Å²) in [6.45, 7) is 2.63. The molecule has 0 bridgehead atoms. The van der Waals surface area contributed by atoms with Gasteiger partial charge in [0.05, 0.1) is 18.1 Å². The lowest BCUT2D eigenvalue weighted by Crippen LogP contribution is -2.29. The summed E-state index contributed by atoms with van der Waals surface area (Å²) in [5.74, 6) is 2.13. The number of sulfone groups is 1. The van der Waals surface area contributed by atoms with Crippen LogP contribution in [-0.4, -0.2) is 41.1 Å². The summed E-state index contributed by atoms with van der Waals surface area (Å²) in [5.41, 5.74) is 0. The van der Waals surface area contributed by atoms with Gasteiger partial charge < -0.3 is 5.32 Å².